The summed E-state index contributed by atoms with van der Waals surface area (Å²) in [4.78, 5) is 5.30. The summed E-state index contributed by atoms with van der Waals surface area (Å²) in [5.41, 5.74) is 3.25. The van der Waals surface area contributed by atoms with Crippen molar-refractivity contribution in [2.75, 3.05) is 13.2 Å². The van der Waals surface area contributed by atoms with E-state index in [9.17, 15) is 8.42 Å². The molecule has 0 bridgehead atoms. The van der Waals surface area contributed by atoms with Gasteiger partial charge in [0.2, 0.25) is 10.0 Å². The molecule has 1 aliphatic heterocycles. The van der Waals surface area contributed by atoms with Gasteiger partial charge in [-0.2, -0.15) is 9.40 Å². The minimum absolute atomic E-state index is 0.200. The Balaban J connectivity index is 1.49. The number of aromatic nitrogens is 4. The van der Waals surface area contributed by atoms with E-state index in [1.54, 1.807) is 24.3 Å². The van der Waals surface area contributed by atoms with E-state index in [1.807, 2.05) is 33.5 Å². The zero-order valence-electron chi connectivity index (χ0n) is 25.9. The molecule has 13 heteroatoms. The molecule has 2 aromatic heterocycles. The lowest BCUT2D eigenvalue weighted by Crippen LogP contribution is -2.27. The molecule has 0 saturated carbocycles. The van der Waals surface area contributed by atoms with Crippen LogP contribution < -0.4 is 0 Å². The average molecular weight is 705 g/mol. The monoisotopic (exact) mass is 703 g/mol. The molecule has 9 nitrogen and oxygen atoms in total. The zero-order valence-corrected chi connectivity index (χ0v) is 30.3. The Kier molecular flexibility index (Phi) is 9.53. The van der Waals surface area contributed by atoms with Crippen molar-refractivity contribution in [3.05, 3.63) is 64.4 Å². The first-order valence-corrected chi connectivity index (χ1v) is 24.3. The van der Waals surface area contributed by atoms with E-state index in [0.29, 0.717) is 25.8 Å². The molecule has 5 rings (SSSR count). The third kappa shape index (κ3) is 7.57. The first-order chi connectivity index (χ1) is 20.2. The maximum absolute atomic E-state index is 13.5. The highest BCUT2D eigenvalue weighted by molar-refractivity contribution is 9.10. The fourth-order valence-corrected chi connectivity index (χ4v) is 8.18. The SMILES string of the molecule is C[Si](C)(C)CCOCn1c(-c2nn(COCC[Si](C)(C)C)c3cc(Br)ccc23)nc2c1CN(S(=O)(=O)c1ccccc1)C2. The minimum atomic E-state index is -3.67. The summed E-state index contributed by atoms with van der Waals surface area (Å²) >= 11 is 3.62. The minimum Gasteiger partial charge on any atom is -0.361 e. The zero-order chi connectivity index (χ0) is 31.0. The van der Waals surface area contributed by atoms with Gasteiger partial charge in [-0.15, -0.1) is 0 Å². The van der Waals surface area contributed by atoms with Gasteiger partial charge in [-0.3, -0.25) is 0 Å². The Bertz CT molecular complexity index is 1700. The molecule has 0 unspecified atom stereocenters. The van der Waals surface area contributed by atoms with Gasteiger partial charge >= 0.3 is 0 Å². The molecule has 1 aliphatic rings. The molecule has 0 fully saturated rings. The van der Waals surface area contributed by atoms with Gasteiger partial charge < -0.3 is 14.0 Å². The summed E-state index contributed by atoms with van der Waals surface area (Å²) in [6, 6.07) is 16.8. The maximum Gasteiger partial charge on any atom is 0.243 e. The van der Waals surface area contributed by atoms with Crippen molar-refractivity contribution in [2.45, 2.75) is 82.8 Å². The predicted octanol–water partition coefficient (Wildman–Crippen LogP) is 6.99. The second-order valence-electron chi connectivity index (χ2n) is 13.5. The van der Waals surface area contributed by atoms with Crippen LogP contribution in [0, 0.1) is 0 Å². The van der Waals surface area contributed by atoms with Crippen LogP contribution in [-0.4, -0.2) is 61.4 Å². The van der Waals surface area contributed by atoms with Crippen LogP contribution in [-0.2, 0) is 46.0 Å². The molecular formula is C30H42BrN5O4SSi2. The van der Waals surface area contributed by atoms with E-state index in [2.05, 4.69) is 55.2 Å². The number of rotatable bonds is 13. The van der Waals surface area contributed by atoms with Gasteiger partial charge in [-0.1, -0.05) is 73.4 Å². The van der Waals surface area contributed by atoms with Crippen LogP contribution in [0.1, 0.15) is 11.4 Å². The van der Waals surface area contributed by atoms with Crippen molar-refractivity contribution in [3.63, 3.8) is 0 Å². The number of fused-ring (bicyclic) bond motifs is 2. The normalized spacial score (nSPS) is 14.6. The number of sulfonamides is 1. The lowest BCUT2D eigenvalue weighted by Gasteiger charge is -2.18. The summed E-state index contributed by atoms with van der Waals surface area (Å²) in [6.07, 6.45) is 0. The smallest absolute Gasteiger partial charge is 0.243 e. The van der Waals surface area contributed by atoms with Crippen LogP contribution in [0.5, 0.6) is 0 Å². The second-order valence-corrected chi connectivity index (χ2v) is 27.6. The van der Waals surface area contributed by atoms with Crippen LogP contribution in [0.3, 0.4) is 0 Å². The number of benzene rings is 2. The van der Waals surface area contributed by atoms with Crippen molar-refractivity contribution < 1.29 is 17.9 Å². The molecule has 0 radical (unpaired) electrons. The number of hydrogen-bond acceptors (Lipinski definition) is 6. The Morgan fingerprint density at radius 2 is 1.53 bits per heavy atom. The van der Waals surface area contributed by atoms with Gasteiger partial charge in [-0.05, 0) is 42.4 Å². The van der Waals surface area contributed by atoms with Crippen LogP contribution in [0.4, 0.5) is 0 Å². The molecule has 0 aliphatic carbocycles. The highest BCUT2D eigenvalue weighted by Crippen LogP contribution is 2.35. The Morgan fingerprint density at radius 3 is 2.19 bits per heavy atom. The van der Waals surface area contributed by atoms with Gasteiger partial charge in [0.15, 0.2) is 5.82 Å². The van der Waals surface area contributed by atoms with Crippen LogP contribution in [0.2, 0.25) is 51.4 Å². The molecule has 3 heterocycles. The van der Waals surface area contributed by atoms with E-state index in [1.165, 1.54) is 4.31 Å². The number of imidazole rings is 1. The third-order valence-electron chi connectivity index (χ3n) is 7.54. The molecule has 0 amide bonds. The molecule has 43 heavy (non-hydrogen) atoms. The van der Waals surface area contributed by atoms with Crippen molar-refractivity contribution in [3.8, 4) is 11.5 Å². The summed E-state index contributed by atoms with van der Waals surface area (Å²) in [5, 5.41) is 5.97. The van der Waals surface area contributed by atoms with Crippen molar-refractivity contribution in [1.29, 1.82) is 0 Å². The van der Waals surface area contributed by atoms with Gasteiger partial charge in [-0.25, -0.2) is 18.1 Å². The summed E-state index contributed by atoms with van der Waals surface area (Å²) in [6.45, 7) is 16.4. The summed E-state index contributed by atoms with van der Waals surface area (Å²) in [7, 11) is -6.17. The number of hydrogen-bond donors (Lipinski definition) is 0. The van der Waals surface area contributed by atoms with Crippen molar-refractivity contribution >= 4 is 53.0 Å². The first kappa shape index (κ1) is 32.3. The second kappa shape index (κ2) is 12.7. The molecule has 4 aromatic rings. The third-order valence-corrected chi connectivity index (χ3v) is 13.2. The van der Waals surface area contributed by atoms with Gasteiger partial charge in [0.05, 0.1) is 34.9 Å². The van der Waals surface area contributed by atoms with Crippen molar-refractivity contribution in [1.82, 2.24) is 23.6 Å². The van der Waals surface area contributed by atoms with E-state index in [-0.39, 0.29) is 24.7 Å². The topological polar surface area (TPSA) is 91.5 Å². The number of halogens is 1. The quantitative estimate of drug-likeness (QED) is 0.110. The lowest BCUT2D eigenvalue weighted by atomic mass is 10.2. The first-order valence-electron chi connectivity index (χ1n) is 14.7. The standard InChI is InChI=1S/C30H42BrN5O4SSi2/c1-42(2,3)16-14-39-21-35-28-20-34(41(37,38)24-10-8-7-9-11-24)19-26(28)32-30(35)29-25-13-12-23(31)18-27(25)36(33-29)22-40-15-17-43(4,5)6/h7-13,18H,14-17,19-22H2,1-6H3. The van der Waals surface area contributed by atoms with Gasteiger partial charge in [0.1, 0.15) is 19.2 Å². The number of ether oxygens (including phenoxy) is 2. The maximum atomic E-state index is 13.5. The largest absolute Gasteiger partial charge is 0.361 e. The summed E-state index contributed by atoms with van der Waals surface area (Å²) < 4.78 is 45.6. The van der Waals surface area contributed by atoms with Crippen LogP contribution in [0.25, 0.3) is 22.4 Å². The van der Waals surface area contributed by atoms with Crippen molar-refractivity contribution in [2.24, 2.45) is 0 Å². The molecule has 0 spiro atoms. The fourth-order valence-electron chi connectivity index (χ4n) is 4.94. The Labute approximate surface area is 265 Å². The number of nitrogens with zero attached hydrogens (tertiary/aromatic N) is 5. The Hall–Kier alpha value is -2.14. The molecule has 0 N–H and O–H groups in total. The predicted molar refractivity (Wildman–Crippen MR) is 180 cm³/mol. The van der Waals surface area contributed by atoms with Gasteiger partial charge in [0, 0.05) is 39.2 Å². The molecular weight excluding hydrogens is 663 g/mol. The molecule has 0 atom stereocenters. The Morgan fingerprint density at radius 1 is 0.884 bits per heavy atom. The molecule has 232 valence electrons. The van der Waals surface area contributed by atoms with Crippen LogP contribution >= 0.6 is 15.9 Å². The van der Waals surface area contributed by atoms with E-state index in [0.717, 1.165) is 44.5 Å². The van der Waals surface area contributed by atoms with E-state index in [4.69, 9.17) is 19.6 Å². The van der Waals surface area contributed by atoms with E-state index < -0.39 is 26.2 Å². The molecule has 2 aromatic carbocycles. The lowest BCUT2D eigenvalue weighted by molar-refractivity contribution is 0.0814. The van der Waals surface area contributed by atoms with Gasteiger partial charge in [0.25, 0.3) is 0 Å². The highest BCUT2D eigenvalue weighted by Gasteiger charge is 2.36. The average Bonchev–Trinajstić information content (AvgIpc) is 3.60. The van der Waals surface area contributed by atoms with E-state index >= 15 is 0 Å². The summed E-state index contributed by atoms with van der Waals surface area (Å²) in [5.74, 6) is 0.683. The molecule has 0 saturated heterocycles. The van der Waals surface area contributed by atoms with Crippen LogP contribution in [0.15, 0.2) is 57.9 Å². The fraction of sp³-hybridized carbons (Fsp3) is 0.467. The highest BCUT2D eigenvalue weighted by atomic mass is 79.9.